The highest BCUT2D eigenvalue weighted by Crippen LogP contribution is 2.37. The van der Waals surface area contributed by atoms with Gasteiger partial charge in [0.1, 0.15) is 0 Å². The Labute approximate surface area is 451 Å². The van der Waals surface area contributed by atoms with Crippen molar-refractivity contribution in [1.29, 1.82) is 0 Å². The van der Waals surface area contributed by atoms with Crippen molar-refractivity contribution in [2.24, 2.45) is 0 Å². The molecule has 6 nitrogen and oxygen atoms in total. The molecule has 0 N–H and O–H groups in total. The molecule has 0 aliphatic carbocycles. The second kappa shape index (κ2) is 19.9. The fourth-order valence-electron chi connectivity index (χ4n) is 10.4. The molecule has 12 aromatic carbocycles. The Morgan fingerprint density at radius 2 is 0.385 bits per heavy atom. The van der Waals surface area contributed by atoms with Gasteiger partial charge in [-0.05, 0) is 113 Å². The summed E-state index contributed by atoms with van der Waals surface area (Å²) in [4.78, 5) is 30.1. The normalized spacial score (nSPS) is 11.3. The predicted octanol–water partition coefficient (Wildman–Crippen LogP) is 18.2. The first-order valence-electron chi connectivity index (χ1n) is 26.2. The van der Waals surface area contributed by atoms with Crippen molar-refractivity contribution in [1.82, 2.24) is 29.9 Å². The van der Waals surface area contributed by atoms with Crippen molar-refractivity contribution in [3.8, 4) is 113 Å². The Hall–Kier alpha value is -10.6. The van der Waals surface area contributed by atoms with E-state index in [1.54, 1.807) is 0 Å². The molecule has 0 aliphatic rings. The van der Waals surface area contributed by atoms with Gasteiger partial charge in [0.05, 0.1) is 0 Å². The smallest absolute Gasteiger partial charge is 0.164 e. The van der Waals surface area contributed by atoms with Gasteiger partial charge in [0.25, 0.3) is 0 Å². The van der Waals surface area contributed by atoms with Gasteiger partial charge in [0.15, 0.2) is 34.9 Å². The Morgan fingerprint density at radius 1 is 0.141 bits per heavy atom. The zero-order valence-electron chi connectivity index (χ0n) is 42.2. The van der Waals surface area contributed by atoms with Crippen LogP contribution in [-0.2, 0) is 0 Å². The van der Waals surface area contributed by atoms with E-state index in [9.17, 15) is 0 Å². The van der Waals surface area contributed by atoms with Crippen molar-refractivity contribution in [3.63, 3.8) is 0 Å². The van der Waals surface area contributed by atoms with E-state index >= 15 is 0 Å². The van der Waals surface area contributed by atoms with E-state index in [1.807, 2.05) is 91.0 Å². The lowest BCUT2D eigenvalue weighted by Gasteiger charge is -2.12. The van der Waals surface area contributed by atoms with Gasteiger partial charge in [-0.25, -0.2) is 29.9 Å². The van der Waals surface area contributed by atoms with Gasteiger partial charge < -0.3 is 0 Å². The Balaban J connectivity index is 0.736. The monoisotopic (exact) mass is 994 g/mol. The quantitative estimate of drug-likeness (QED) is 0.136. The van der Waals surface area contributed by atoms with Crippen LogP contribution in [0, 0.1) is 0 Å². The van der Waals surface area contributed by atoms with Crippen LogP contribution < -0.4 is 0 Å². The molecule has 0 spiro atoms. The molecule has 0 bridgehead atoms. The van der Waals surface area contributed by atoms with E-state index < -0.39 is 0 Å². The average Bonchev–Trinajstić information content (AvgIpc) is 3.54. The van der Waals surface area contributed by atoms with Crippen molar-refractivity contribution in [2.45, 2.75) is 0 Å². The van der Waals surface area contributed by atoms with Gasteiger partial charge in [-0.3, -0.25) is 0 Å². The summed E-state index contributed by atoms with van der Waals surface area (Å²) < 4.78 is 0. The summed E-state index contributed by atoms with van der Waals surface area (Å²) in [5.74, 6) is 3.81. The number of fused-ring (bicyclic) bond motifs is 3. The molecular formula is C72H46N6. The largest absolute Gasteiger partial charge is 0.208 e. The number of aromatic nitrogens is 6. The number of hydrogen-bond acceptors (Lipinski definition) is 6. The lowest BCUT2D eigenvalue weighted by Crippen LogP contribution is -2.00. The summed E-state index contributed by atoms with van der Waals surface area (Å²) in [6.07, 6.45) is 0. The Kier molecular flexibility index (Phi) is 11.8. The van der Waals surface area contributed by atoms with Crippen LogP contribution in [0.25, 0.3) is 145 Å². The van der Waals surface area contributed by atoms with Crippen molar-refractivity contribution in [2.75, 3.05) is 0 Å². The minimum absolute atomic E-state index is 0.619. The third kappa shape index (κ3) is 9.14. The molecule has 0 amide bonds. The first kappa shape index (κ1) is 46.0. The van der Waals surface area contributed by atoms with E-state index in [0.29, 0.717) is 34.9 Å². The molecule has 14 aromatic rings. The molecule has 0 saturated heterocycles. The van der Waals surface area contributed by atoms with Crippen LogP contribution >= 0.6 is 0 Å². The van der Waals surface area contributed by atoms with E-state index in [0.717, 1.165) is 82.7 Å². The van der Waals surface area contributed by atoms with Gasteiger partial charge in [-0.1, -0.05) is 243 Å². The summed E-state index contributed by atoms with van der Waals surface area (Å²) in [5, 5.41) is 6.87. The minimum atomic E-state index is 0.619. The molecule has 6 heteroatoms. The van der Waals surface area contributed by atoms with E-state index in [1.165, 1.54) is 27.5 Å². The van der Waals surface area contributed by atoms with Gasteiger partial charge in [-0.2, -0.15) is 0 Å². The summed E-state index contributed by atoms with van der Waals surface area (Å²) in [5.41, 5.74) is 14.9. The van der Waals surface area contributed by atoms with E-state index in [4.69, 9.17) is 29.9 Å². The second-order valence-corrected chi connectivity index (χ2v) is 19.5. The highest BCUT2D eigenvalue weighted by molar-refractivity contribution is 5.96. The first-order valence-corrected chi connectivity index (χ1v) is 26.2. The minimum Gasteiger partial charge on any atom is -0.208 e. The van der Waals surface area contributed by atoms with Crippen molar-refractivity contribution < 1.29 is 0 Å². The molecule has 14 rings (SSSR count). The predicted molar refractivity (Wildman–Crippen MR) is 320 cm³/mol. The summed E-state index contributed by atoms with van der Waals surface area (Å²) in [6, 6.07) is 97.7. The molecule has 364 valence electrons. The van der Waals surface area contributed by atoms with Crippen molar-refractivity contribution in [3.05, 3.63) is 279 Å². The average molecular weight is 995 g/mol. The Morgan fingerprint density at radius 3 is 0.808 bits per heavy atom. The zero-order valence-corrected chi connectivity index (χ0v) is 42.2. The molecular weight excluding hydrogens is 949 g/mol. The number of benzene rings is 12. The third-order valence-electron chi connectivity index (χ3n) is 14.5. The van der Waals surface area contributed by atoms with Crippen LogP contribution in [0.1, 0.15) is 0 Å². The molecule has 0 radical (unpaired) electrons. The van der Waals surface area contributed by atoms with Crippen LogP contribution in [0.5, 0.6) is 0 Å². The van der Waals surface area contributed by atoms with Crippen LogP contribution in [0.3, 0.4) is 0 Å². The standard InChI is InChI=1S/C72H46N6/c1-5-15-49(16-6-1)65-23-13-14-24-66(65)61-38-27-48-28-39-63(46-64(48)45-61)72-77-69(52-21-11-4-12-22-52)74-70(78-72)53-29-25-47(26-30-53)54-31-32-56-42-57(34-33-55(56)41-54)58-35-36-60-44-62(40-37-59(60)43-58)71-75-67(50-17-7-2-8-18-50)73-68(76-71)51-19-9-3-10-20-51/h1-46H. The van der Waals surface area contributed by atoms with Gasteiger partial charge >= 0.3 is 0 Å². The summed E-state index contributed by atoms with van der Waals surface area (Å²) in [6.45, 7) is 0. The number of nitrogens with zero attached hydrogens (tertiary/aromatic N) is 6. The summed E-state index contributed by atoms with van der Waals surface area (Å²) in [7, 11) is 0. The van der Waals surface area contributed by atoms with Gasteiger partial charge in [-0.15, -0.1) is 0 Å². The maximum Gasteiger partial charge on any atom is 0.164 e. The van der Waals surface area contributed by atoms with Crippen molar-refractivity contribution >= 4 is 32.3 Å². The van der Waals surface area contributed by atoms with E-state index in [2.05, 4.69) is 188 Å². The fraction of sp³-hybridized carbons (Fsp3) is 0. The maximum atomic E-state index is 5.15. The SMILES string of the molecule is c1ccc(-c2nc(-c3ccccc3)nc(-c3ccc4cc(-c5ccc6cc(-c7ccc(-c8nc(-c9ccccc9)nc(-c9ccc%10ccc(-c%11ccccc%11-c%11ccccc%11)cc%10c9)n8)cc7)ccc6c5)ccc4c3)n2)cc1. The lowest BCUT2D eigenvalue weighted by atomic mass is 9.93. The molecule has 0 unspecified atom stereocenters. The topological polar surface area (TPSA) is 77.3 Å². The molecule has 0 atom stereocenters. The fourth-order valence-corrected chi connectivity index (χ4v) is 10.4. The van der Waals surface area contributed by atoms with Gasteiger partial charge in [0.2, 0.25) is 0 Å². The molecule has 2 aromatic heterocycles. The molecule has 2 heterocycles. The second-order valence-electron chi connectivity index (χ2n) is 19.5. The maximum absolute atomic E-state index is 5.15. The highest BCUT2D eigenvalue weighted by Gasteiger charge is 2.16. The molecule has 78 heavy (non-hydrogen) atoms. The third-order valence-corrected chi connectivity index (χ3v) is 14.5. The van der Waals surface area contributed by atoms with E-state index in [-0.39, 0.29) is 0 Å². The Bertz CT molecular complexity index is 4470. The molecule has 0 aliphatic heterocycles. The lowest BCUT2D eigenvalue weighted by molar-refractivity contribution is 1.07. The molecule has 0 saturated carbocycles. The van der Waals surface area contributed by atoms with Crippen LogP contribution in [0.4, 0.5) is 0 Å². The van der Waals surface area contributed by atoms with Crippen LogP contribution in [-0.4, -0.2) is 29.9 Å². The number of rotatable bonds is 10. The molecule has 0 fully saturated rings. The first-order chi connectivity index (χ1) is 38.6. The van der Waals surface area contributed by atoms with Crippen LogP contribution in [0.15, 0.2) is 279 Å². The number of hydrogen-bond donors (Lipinski definition) is 0. The highest BCUT2D eigenvalue weighted by atomic mass is 15.0. The summed E-state index contributed by atoms with van der Waals surface area (Å²) >= 11 is 0. The van der Waals surface area contributed by atoms with Gasteiger partial charge in [0, 0.05) is 33.4 Å². The van der Waals surface area contributed by atoms with Crippen LogP contribution in [0.2, 0.25) is 0 Å². The zero-order chi connectivity index (χ0) is 51.8.